The minimum absolute atomic E-state index is 0.102. The van der Waals surface area contributed by atoms with Gasteiger partial charge in [-0.2, -0.15) is 0 Å². The molecule has 2 aromatic heterocycles. The van der Waals surface area contributed by atoms with Gasteiger partial charge in [-0.05, 0) is 32.0 Å². The van der Waals surface area contributed by atoms with E-state index in [4.69, 9.17) is 4.74 Å². The van der Waals surface area contributed by atoms with Crippen LogP contribution < -0.4 is 15.4 Å². The third-order valence-electron chi connectivity index (χ3n) is 5.09. The van der Waals surface area contributed by atoms with E-state index in [2.05, 4.69) is 20.6 Å². The summed E-state index contributed by atoms with van der Waals surface area (Å²) in [5, 5.41) is 16.8. The summed E-state index contributed by atoms with van der Waals surface area (Å²) < 4.78 is 28.9. The van der Waals surface area contributed by atoms with E-state index in [1.165, 1.54) is 31.6 Å². The van der Waals surface area contributed by atoms with Crippen molar-refractivity contribution in [3.05, 3.63) is 59.9 Å². The van der Waals surface area contributed by atoms with Gasteiger partial charge in [0.25, 0.3) is 0 Å². The summed E-state index contributed by atoms with van der Waals surface area (Å²) >= 11 is 0. The summed E-state index contributed by atoms with van der Waals surface area (Å²) in [5.74, 6) is 1.14. The number of aromatic nitrogens is 2. The Labute approximate surface area is 199 Å². The first kappa shape index (κ1) is 25.1. The van der Waals surface area contributed by atoms with Crippen LogP contribution in [-0.2, 0) is 15.4 Å². The van der Waals surface area contributed by atoms with Crippen LogP contribution in [0.15, 0.2) is 53.7 Å². The first-order valence-electron chi connectivity index (χ1n) is 10.6. The quantitative estimate of drug-likeness (QED) is 0.383. The third kappa shape index (κ3) is 5.70. The fourth-order valence-corrected chi connectivity index (χ4v) is 3.89. The molecule has 180 valence electrons. The molecule has 3 N–H and O–H groups in total. The Kier molecular flexibility index (Phi) is 7.23. The predicted molar refractivity (Wildman–Crippen MR) is 131 cm³/mol. The van der Waals surface area contributed by atoms with Crippen molar-refractivity contribution in [3.63, 3.8) is 0 Å². The lowest BCUT2D eigenvalue weighted by Gasteiger charge is -2.23. The average Bonchev–Trinajstić information content (AvgIpc) is 2.78. The highest BCUT2D eigenvalue weighted by molar-refractivity contribution is 7.90. The highest BCUT2D eigenvalue weighted by Gasteiger charge is 2.23. The molecule has 0 aliphatic rings. The van der Waals surface area contributed by atoms with Crippen LogP contribution in [0.1, 0.15) is 43.1 Å². The number of aliphatic hydroxyl groups is 1. The van der Waals surface area contributed by atoms with E-state index >= 15 is 0 Å². The van der Waals surface area contributed by atoms with E-state index in [0.29, 0.717) is 46.3 Å². The lowest BCUT2D eigenvalue weighted by atomic mass is 9.96. The number of pyridine rings is 2. The van der Waals surface area contributed by atoms with Crippen molar-refractivity contribution < 1.29 is 23.1 Å². The van der Waals surface area contributed by atoms with Crippen LogP contribution in [-0.4, -0.2) is 42.6 Å². The summed E-state index contributed by atoms with van der Waals surface area (Å²) in [5.41, 5.74) is 0.901. The molecule has 0 fully saturated rings. The van der Waals surface area contributed by atoms with Crippen LogP contribution >= 0.6 is 0 Å². The number of ketones is 1. The zero-order valence-corrected chi connectivity index (χ0v) is 20.5. The van der Waals surface area contributed by atoms with Crippen molar-refractivity contribution >= 4 is 38.6 Å². The maximum absolute atomic E-state index is 12.6. The topological polar surface area (TPSA) is 131 Å². The van der Waals surface area contributed by atoms with Gasteiger partial charge < -0.3 is 20.5 Å². The molecular formula is C24H28N4O5S. The zero-order chi connectivity index (χ0) is 25.1. The SMILES string of the molecule is CCC(=O)c1cnc(Nc2ccc(S(C)(=O)=O)cn2)cc1Nc1cccc(C(C)(C)O)c1OC. The van der Waals surface area contributed by atoms with Gasteiger partial charge in [0.05, 0.1) is 34.5 Å². The van der Waals surface area contributed by atoms with E-state index in [1.54, 1.807) is 45.0 Å². The molecule has 1 aromatic carbocycles. The number of benzene rings is 1. The number of anilines is 4. The van der Waals surface area contributed by atoms with Crippen molar-refractivity contribution in [1.82, 2.24) is 9.97 Å². The molecule has 3 rings (SSSR count). The van der Waals surface area contributed by atoms with Crippen LogP contribution in [0.25, 0.3) is 0 Å². The third-order valence-corrected chi connectivity index (χ3v) is 6.19. The van der Waals surface area contributed by atoms with Gasteiger partial charge in [-0.3, -0.25) is 4.79 Å². The fraction of sp³-hybridized carbons (Fsp3) is 0.292. The largest absolute Gasteiger partial charge is 0.494 e. The molecule has 0 atom stereocenters. The van der Waals surface area contributed by atoms with Crippen molar-refractivity contribution in [2.45, 2.75) is 37.7 Å². The number of hydrogen-bond donors (Lipinski definition) is 3. The summed E-state index contributed by atoms with van der Waals surface area (Å²) in [7, 11) is -1.84. The number of para-hydroxylation sites is 1. The second-order valence-electron chi connectivity index (χ2n) is 8.24. The maximum atomic E-state index is 12.6. The summed E-state index contributed by atoms with van der Waals surface area (Å²) in [6.07, 6.45) is 4.13. The van der Waals surface area contributed by atoms with Gasteiger partial charge in [0.15, 0.2) is 15.6 Å². The molecule has 0 radical (unpaired) electrons. The number of nitrogens with one attached hydrogen (secondary N) is 2. The second kappa shape index (κ2) is 9.78. The Bertz CT molecular complexity index is 1300. The number of carbonyl (C=O) groups excluding carboxylic acids is 1. The Morgan fingerprint density at radius 3 is 2.32 bits per heavy atom. The molecule has 0 saturated carbocycles. The average molecular weight is 485 g/mol. The van der Waals surface area contributed by atoms with Crippen molar-refractivity contribution in [2.75, 3.05) is 24.0 Å². The molecule has 0 unspecified atom stereocenters. The number of hydrogen-bond acceptors (Lipinski definition) is 9. The van der Waals surface area contributed by atoms with Gasteiger partial charge in [0.2, 0.25) is 0 Å². The summed E-state index contributed by atoms with van der Waals surface area (Å²) in [6.45, 7) is 5.09. The highest BCUT2D eigenvalue weighted by atomic mass is 32.2. The second-order valence-corrected chi connectivity index (χ2v) is 10.3. The molecule has 0 bridgehead atoms. The van der Waals surface area contributed by atoms with Gasteiger partial charge in [0, 0.05) is 36.7 Å². The van der Waals surface area contributed by atoms with Crippen LogP contribution in [0.2, 0.25) is 0 Å². The van der Waals surface area contributed by atoms with E-state index in [1.807, 2.05) is 0 Å². The molecular weight excluding hydrogens is 456 g/mol. The van der Waals surface area contributed by atoms with E-state index in [0.717, 1.165) is 6.26 Å². The molecule has 9 nitrogen and oxygen atoms in total. The Morgan fingerprint density at radius 1 is 1.06 bits per heavy atom. The van der Waals surface area contributed by atoms with Gasteiger partial charge in [-0.25, -0.2) is 18.4 Å². The zero-order valence-electron chi connectivity index (χ0n) is 19.7. The van der Waals surface area contributed by atoms with E-state index in [9.17, 15) is 18.3 Å². The van der Waals surface area contributed by atoms with Gasteiger partial charge >= 0.3 is 0 Å². The maximum Gasteiger partial charge on any atom is 0.177 e. The van der Waals surface area contributed by atoms with Gasteiger partial charge in [0.1, 0.15) is 17.4 Å². The smallest absolute Gasteiger partial charge is 0.177 e. The molecule has 0 amide bonds. The molecule has 10 heteroatoms. The number of sulfone groups is 1. The van der Waals surface area contributed by atoms with E-state index in [-0.39, 0.29) is 10.7 Å². The number of methoxy groups -OCH3 is 1. The number of carbonyl (C=O) groups is 1. The number of Topliss-reactive ketones (excluding diaryl/α,β-unsaturated/α-hetero) is 1. The number of nitrogens with zero attached hydrogens (tertiary/aromatic N) is 2. The standard InChI is InChI=1S/C24H28N4O5S/c1-6-20(29)16-14-26-22(28-21-11-10-15(13-25-21)34(5,31)32)12-19(16)27-18-9-7-8-17(23(18)33-4)24(2,3)30/h7-14,30H,6H2,1-5H3,(H2,25,26,27,28). The Balaban J connectivity index is 2.00. The molecule has 34 heavy (non-hydrogen) atoms. The van der Waals surface area contributed by atoms with Gasteiger partial charge in [-0.1, -0.05) is 19.1 Å². The highest BCUT2D eigenvalue weighted by Crippen LogP contribution is 2.38. The minimum atomic E-state index is -3.36. The number of ether oxygens (including phenoxy) is 1. The summed E-state index contributed by atoms with van der Waals surface area (Å²) in [6, 6.07) is 9.98. The van der Waals surface area contributed by atoms with Gasteiger partial charge in [-0.15, -0.1) is 0 Å². The molecule has 0 spiro atoms. The number of rotatable bonds is 9. The Morgan fingerprint density at radius 2 is 1.76 bits per heavy atom. The molecule has 0 saturated heterocycles. The minimum Gasteiger partial charge on any atom is -0.494 e. The van der Waals surface area contributed by atoms with Crippen molar-refractivity contribution in [1.29, 1.82) is 0 Å². The lowest BCUT2D eigenvalue weighted by molar-refractivity contribution is 0.0757. The van der Waals surface area contributed by atoms with Crippen LogP contribution in [0.4, 0.5) is 23.0 Å². The van der Waals surface area contributed by atoms with Crippen LogP contribution in [0.3, 0.4) is 0 Å². The fourth-order valence-electron chi connectivity index (χ4n) is 3.33. The molecule has 2 heterocycles. The van der Waals surface area contributed by atoms with Crippen LogP contribution in [0, 0.1) is 0 Å². The predicted octanol–water partition coefficient (Wildman–Crippen LogP) is 4.20. The lowest BCUT2D eigenvalue weighted by Crippen LogP contribution is -2.17. The molecule has 0 aliphatic heterocycles. The normalized spacial score (nSPS) is 11.7. The van der Waals surface area contributed by atoms with Crippen LogP contribution in [0.5, 0.6) is 5.75 Å². The van der Waals surface area contributed by atoms with Crippen molar-refractivity contribution in [3.8, 4) is 5.75 Å². The Hall–Kier alpha value is -3.50. The first-order chi connectivity index (χ1) is 15.9. The molecule has 3 aromatic rings. The summed E-state index contributed by atoms with van der Waals surface area (Å²) in [4.78, 5) is 21.1. The molecule has 0 aliphatic carbocycles. The van der Waals surface area contributed by atoms with Crippen molar-refractivity contribution in [2.24, 2.45) is 0 Å². The monoisotopic (exact) mass is 484 g/mol. The first-order valence-corrected chi connectivity index (χ1v) is 12.5. The van der Waals surface area contributed by atoms with E-state index < -0.39 is 15.4 Å².